The van der Waals surface area contributed by atoms with Crippen LogP contribution in [-0.4, -0.2) is 0 Å². The van der Waals surface area contributed by atoms with Gasteiger partial charge in [0.2, 0.25) is 0 Å². The second kappa shape index (κ2) is 20.6. The van der Waals surface area contributed by atoms with E-state index in [1.807, 2.05) is 24.3 Å². The first-order chi connectivity index (χ1) is 45.6. The van der Waals surface area contributed by atoms with Crippen LogP contribution in [0.1, 0.15) is 0 Å². The second-order valence-corrected chi connectivity index (χ2v) is 23.8. The van der Waals surface area contributed by atoms with E-state index >= 15 is 0 Å². The van der Waals surface area contributed by atoms with Gasteiger partial charge in [-0.25, -0.2) is 0 Å². The predicted molar refractivity (Wildman–Crippen MR) is 382 cm³/mol. The highest BCUT2D eigenvalue weighted by Crippen LogP contribution is 2.53. The molecule has 0 radical (unpaired) electrons. The van der Waals surface area contributed by atoms with Gasteiger partial charge >= 0.3 is 0 Å². The lowest BCUT2D eigenvalue weighted by Crippen LogP contribution is -2.11. The number of para-hydroxylation sites is 4. The molecule has 0 fully saturated rings. The maximum Gasteiger partial charge on any atom is 0.137 e. The van der Waals surface area contributed by atoms with Crippen molar-refractivity contribution in [2.24, 2.45) is 0 Å². The van der Waals surface area contributed by atoms with E-state index in [9.17, 15) is 0 Å². The Kier molecular flexibility index (Phi) is 11.6. The number of rotatable bonds is 10. The van der Waals surface area contributed by atoms with Crippen LogP contribution in [0.2, 0.25) is 0 Å². The summed E-state index contributed by atoms with van der Waals surface area (Å²) in [6, 6.07) is 113. The van der Waals surface area contributed by atoms with E-state index in [2.05, 4.69) is 301 Å². The van der Waals surface area contributed by atoms with Crippen LogP contribution in [-0.2, 0) is 0 Å². The Labute approximate surface area is 527 Å². The van der Waals surface area contributed by atoms with Crippen molar-refractivity contribution in [1.29, 1.82) is 0 Å². The Balaban J connectivity index is 0.938. The van der Waals surface area contributed by atoms with Crippen molar-refractivity contribution in [2.45, 2.75) is 0 Å². The van der Waals surface area contributed by atoms with Crippen molar-refractivity contribution in [3.63, 3.8) is 0 Å². The van der Waals surface area contributed by atoms with Crippen LogP contribution in [0.4, 0.5) is 34.1 Å². The van der Waals surface area contributed by atoms with Gasteiger partial charge in [-0.2, -0.15) is 0 Å². The van der Waals surface area contributed by atoms with Gasteiger partial charge in [0.1, 0.15) is 44.7 Å². The van der Waals surface area contributed by atoms with E-state index in [1.54, 1.807) is 0 Å². The third kappa shape index (κ3) is 8.07. The smallest absolute Gasteiger partial charge is 0.137 e. The van der Waals surface area contributed by atoms with Gasteiger partial charge in [-0.15, -0.1) is 0 Å². The van der Waals surface area contributed by atoms with Gasteiger partial charge < -0.3 is 27.5 Å². The standard InChI is InChI=1S/C86H52N2O4/c1-3-19-53(20-4-1)55-39-43-57(44-40-55)81-61-49-47-60(88(71-29-17-37-79-85(71)65-25-9-13-33-75(65)91-79)72-30-18-38-80-86(72)66-26-10-14-34-76(66)92-80)52-68(61)82(58-45-41-56(42-46-58)54-21-5-2-6-22-54)62-50-48-59(51-67(62)81)87(69-27-15-35-77-83(69)63-23-7-11-31-73(63)89-77)70-28-16-36-78-84(70)64-24-8-12-32-74(64)90-78/h1-52H. The molecule has 4 heterocycles. The Morgan fingerprint density at radius 3 is 0.750 bits per heavy atom. The van der Waals surface area contributed by atoms with E-state index in [-0.39, 0.29) is 0 Å². The molecule has 15 aromatic carbocycles. The summed E-state index contributed by atoms with van der Waals surface area (Å²) in [5.41, 5.74) is 21.5. The average molecular weight is 1180 g/mol. The van der Waals surface area contributed by atoms with E-state index in [0.717, 1.165) is 188 Å². The molecule has 0 unspecified atom stereocenters. The minimum absolute atomic E-state index is 0.810. The van der Waals surface area contributed by atoms with Crippen molar-refractivity contribution >= 4 is 143 Å². The number of nitrogens with zero attached hydrogens (tertiary/aromatic N) is 2. The average Bonchev–Trinajstić information content (AvgIpc) is 0.744. The molecule has 4 aromatic heterocycles. The van der Waals surface area contributed by atoms with E-state index in [0.29, 0.717) is 0 Å². The van der Waals surface area contributed by atoms with Gasteiger partial charge in [-0.1, -0.05) is 218 Å². The topological polar surface area (TPSA) is 59.0 Å². The molecule has 0 spiro atoms. The van der Waals surface area contributed by atoms with E-state index in [1.165, 1.54) is 0 Å². The zero-order chi connectivity index (χ0) is 60.4. The normalized spacial score (nSPS) is 11.9. The van der Waals surface area contributed by atoms with Crippen LogP contribution in [0, 0.1) is 0 Å². The number of anilines is 6. The number of hydrogen-bond donors (Lipinski definition) is 0. The Morgan fingerprint density at radius 2 is 0.435 bits per heavy atom. The van der Waals surface area contributed by atoms with Crippen molar-refractivity contribution in [3.8, 4) is 44.5 Å². The van der Waals surface area contributed by atoms with Crippen molar-refractivity contribution < 1.29 is 17.7 Å². The lowest BCUT2D eigenvalue weighted by molar-refractivity contribution is 0.668. The fourth-order valence-electron chi connectivity index (χ4n) is 14.6. The summed E-state index contributed by atoms with van der Waals surface area (Å²) < 4.78 is 26.8. The first-order valence-electron chi connectivity index (χ1n) is 31.2. The van der Waals surface area contributed by atoms with E-state index < -0.39 is 0 Å². The molecule has 6 heteroatoms. The fraction of sp³-hybridized carbons (Fsp3) is 0. The van der Waals surface area contributed by atoms with Crippen LogP contribution in [0.5, 0.6) is 0 Å². The molecule has 0 amide bonds. The highest BCUT2D eigenvalue weighted by Gasteiger charge is 2.28. The van der Waals surface area contributed by atoms with Crippen LogP contribution in [0.3, 0.4) is 0 Å². The van der Waals surface area contributed by atoms with Gasteiger partial charge in [-0.3, -0.25) is 0 Å². The minimum Gasteiger partial charge on any atom is -0.456 e. The summed E-state index contributed by atoms with van der Waals surface area (Å²) in [5.74, 6) is 0. The molecule has 0 bridgehead atoms. The number of furan rings is 4. The summed E-state index contributed by atoms with van der Waals surface area (Å²) in [5, 5.41) is 12.7. The number of fused-ring (bicyclic) bond motifs is 14. The SMILES string of the molecule is c1ccc(-c2ccc(-c3c4ccc(N(c5cccc6oc7ccccc7c56)c5cccc6oc7ccccc7c56)cc4c(-c4ccc(-c5ccccc5)cc4)c4ccc(N(c5cccc6oc7ccccc7c56)c5cccc6oc7ccccc7c56)cc34)cc2)cc1. The molecule has 19 rings (SSSR count). The van der Waals surface area contributed by atoms with Gasteiger partial charge in [0.25, 0.3) is 0 Å². The molecule has 0 aliphatic carbocycles. The van der Waals surface area contributed by atoms with Crippen LogP contribution < -0.4 is 9.80 Å². The molecule has 6 nitrogen and oxygen atoms in total. The molecular formula is C86H52N2O4. The number of benzene rings is 15. The zero-order valence-corrected chi connectivity index (χ0v) is 49.5. The molecule has 430 valence electrons. The lowest BCUT2D eigenvalue weighted by atomic mass is 9.84. The minimum atomic E-state index is 0.810. The Hall–Kier alpha value is -12.4. The molecule has 0 atom stereocenters. The second-order valence-electron chi connectivity index (χ2n) is 23.8. The molecule has 19 aromatic rings. The molecular weight excluding hydrogens is 1120 g/mol. The highest BCUT2D eigenvalue weighted by atomic mass is 16.3. The summed E-state index contributed by atoms with van der Waals surface area (Å²) >= 11 is 0. The molecule has 0 saturated carbocycles. The van der Waals surface area contributed by atoms with Gasteiger partial charge in [0, 0.05) is 32.9 Å². The lowest BCUT2D eigenvalue weighted by Gasteiger charge is -2.29. The summed E-state index contributed by atoms with van der Waals surface area (Å²) in [4.78, 5) is 4.85. The van der Waals surface area contributed by atoms with Gasteiger partial charge in [0.15, 0.2) is 0 Å². The largest absolute Gasteiger partial charge is 0.456 e. The van der Waals surface area contributed by atoms with Crippen molar-refractivity contribution in [1.82, 2.24) is 0 Å². The predicted octanol–water partition coefficient (Wildman–Crippen LogP) is 25.2. The Bertz CT molecular complexity index is 5530. The van der Waals surface area contributed by atoms with Gasteiger partial charge in [0.05, 0.1) is 44.3 Å². The molecule has 0 aliphatic rings. The fourth-order valence-corrected chi connectivity index (χ4v) is 14.6. The molecule has 0 aliphatic heterocycles. The maximum absolute atomic E-state index is 6.69. The van der Waals surface area contributed by atoms with E-state index in [4.69, 9.17) is 17.7 Å². The first kappa shape index (κ1) is 51.6. The molecule has 92 heavy (non-hydrogen) atoms. The molecule has 0 saturated heterocycles. The zero-order valence-electron chi connectivity index (χ0n) is 49.5. The van der Waals surface area contributed by atoms with Crippen LogP contribution in [0.25, 0.3) is 154 Å². The van der Waals surface area contributed by atoms with Crippen LogP contribution >= 0.6 is 0 Å². The summed E-state index contributed by atoms with van der Waals surface area (Å²) in [6.45, 7) is 0. The third-order valence-electron chi connectivity index (χ3n) is 18.6. The quantitative estimate of drug-likeness (QED) is 0.127. The number of hydrogen-bond acceptors (Lipinski definition) is 6. The Morgan fingerprint density at radius 1 is 0.174 bits per heavy atom. The first-order valence-corrected chi connectivity index (χ1v) is 31.2. The van der Waals surface area contributed by atoms with Gasteiger partial charge in [-0.05, 0) is 163 Å². The summed E-state index contributed by atoms with van der Waals surface area (Å²) in [6.07, 6.45) is 0. The monoisotopic (exact) mass is 1180 g/mol. The van der Waals surface area contributed by atoms with Crippen molar-refractivity contribution in [2.75, 3.05) is 9.80 Å². The summed E-state index contributed by atoms with van der Waals surface area (Å²) in [7, 11) is 0. The van der Waals surface area contributed by atoms with Crippen molar-refractivity contribution in [3.05, 3.63) is 315 Å². The van der Waals surface area contributed by atoms with Crippen LogP contribution in [0.15, 0.2) is 333 Å². The third-order valence-corrected chi connectivity index (χ3v) is 18.6. The molecule has 0 N–H and O–H groups in total. The maximum atomic E-state index is 6.69. The highest BCUT2D eigenvalue weighted by molar-refractivity contribution is 6.25.